The zero-order chi connectivity index (χ0) is 16.7. The van der Waals surface area contributed by atoms with Crippen molar-refractivity contribution in [2.24, 2.45) is 0 Å². The van der Waals surface area contributed by atoms with Gasteiger partial charge in [0, 0.05) is 6.54 Å². The highest BCUT2D eigenvalue weighted by Gasteiger charge is 2.07. The highest BCUT2D eigenvalue weighted by Crippen LogP contribution is 2.20. The number of nitrogens with one attached hydrogen (secondary N) is 1. The maximum Gasteiger partial charge on any atom is 0.407 e. The molecule has 0 aromatic heterocycles. The van der Waals surface area contributed by atoms with E-state index in [1.807, 2.05) is 30.3 Å². The molecule has 0 aliphatic rings. The van der Waals surface area contributed by atoms with Crippen molar-refractivity contribution in [3.8, 4) is 0 Å². The lowest BCUT2D eigenvalue weighted by Crippen LogP contribution is -2.24. The Morgan fingerprint density at radius 2 is 1.83 bits per heavy atom. The number of hydrogen-bond donors (Lipinski definition) is 1. The first-order valence-corrected chi connectivity index (χ1v) is 7.19. The maximum absolute atomic E-state index is 13.2. The summed E-state index contributed by atoms with van der Waals surface area (Å²) in [4.78, 5) is 11.5. The van der Waals surface area contributed by atoms with Gasteiger partial charge in [-0.25, -0.2) is 13.6 Å². The van der Waals surface area contributed by atoms with E-state index in [0.717, 1.165) is 17.7 Å². The van der Waals surface area contributed by atoms with Crippen molar-refractivity contribution >= 4 is 23.8 Å². The van der Waals surface area contributed by atoms with E-state index in [-0.39, 0.29) is 13.2 Å². The lowest BCUT2D eigenvalue weighted by Gasteiger charge is -2.05. The van der Waals surface area contributed by atoms with E-state index in [0.29, 0.717) is 5.56 Å². The van der Waals surface area contributed by atoms with Crippen LogP contribution >= 0.6 is 11.6 Å². The summed E-state index contributed by atoms with van der Waals surface area (Å²) in [6, 6.07) is 11.5. The van der Waals surface area contributed by atoms with E-state index < -0.39 is 22.8 Å². The first kappa shape index (κ1) is 17.0. The van der Waals surface area contributed by atoms with Crippen molar-refractivity contribution in [1.82, 2.24) is 5.32 Å². The van der Waals surface area contributed by atoms with Crippen molar-refractivity contribution in [2.45, 2.75) is 6.61 Å². The van der Waals surface area contributed by atoms with E-state index in [4.69, 9.17) is 16.3 Å². The van der Waals surface area contributed by atoms with Gasteiger partial charge < -0.3 is 10.1 Å². The van der Waals surface area contributed by atoms with E-state index in [2.05, 4.69) is 5.32 Å². The highest BCUT2D eigenvalue weighted by molar-refractivity contribution is 6.30. The lowest BCUT2D eigenvalue weighted by atomic mass is 10.2. The van der Waals surface area contributed by atoms with E-state index in [9.17, 15) is 13.6 Å². The molecule has 0 fully saturated rings. The molecule has 2 rings (SSSR count). The Bertz CT molecular complexity index is 682. The Morgan fingerprint density at radius 3 is 2.48 bits per heavy atom. The summed E-state index contributed by atoms with van der Waals surface area (Å²) in [6.07, 6.45) is 2.44. The summed E-state index contributed by atoms with van der Waals surface area (Å²) in [7, 11) is 0. The van der Waals surface area contributed by atoms with Gasteiger partial charge in [0.25, 0.3) is 0 Å². The molecular weight excluding hydrogens is 324 g/mol. The fourth-order valence-electron chi connectivity index (χ4n) is 1.78. The SMILES string of the molecule is O=C(NCC=Cc1cc(F)c(Cl)c(F)c1)OCc1ccccc1. The summed E-state index contributed by atoms with van der Waals surface area (Å²) in [5.41, 5.74) is 1.19. The summed E-state index contributed by atoms with van der Waals surface area (Å²) < 4.78 is 31.5. The van der Waals surface area contributed by atoms with E-state index in [1.54, 1.807) is 6.08 Å². The van der Waals surface area contributed by atoms with Crippen LogP contribution in [0.2, 0.25) is 5.02 Å². The minimum Gasteiger partial charge on any atom is -0.445 e. The fraction of sp³-hybridized carbons (Fsp3) is 0.118. The van der Waals surface area contributed by atoms with Crippen LogP contribution < -0.4 is 5.32 Å². The van der Waals surface area contributed by atoms with Crippen molar-refractivity contribution in [2.75, 3.05) is 6.54 Å². The normalized spacial score (nSPS) is 10.7. The molecule has 1 N–H and O–H groups in total. The van der Waals surface area contributed by atoms with E-state index >= 15 is 0 Å². The predicted octanol–water partition coefficient (Wildman–Crippen LogP) is 4.56. The molecule has 23 heavy (non-hydrogen) atoms. The van der Waals surface area contributed by atoms with Crippen LogP contribution in [-0.4, -0.2) is 12.6 Å². The van der Waals surface area contributed by atoms with Gasteiger partial charge in [-0.2, -0.15) is 0 Å². The second-order valence-corrected chi connectivity index (χ2v) is 5.02. The molecule has 3 nitrogen and oxygen atoms in total. The van der Waals surface area contributed by atoms with Crippen LogP contribution in [0.15, 0.2) is 48.5 Å². The Kier molecular flexibility index (Phi) is 6.11. The molecule has 0 aliphatic heterocycles. The second kappa shape index (κ2) is 8.29. The molecule has 2 aromatic rings. The zero-order valence-electron chi connectivity index (χ0n) is 12.1. The Hall–Kier alpha value is -2.40. The van der Waals surface area contributed by atoms with Crippen molar-refractivity contribution in [1.29, 1.82) is 0 Å². The molecule has 0 unspecified atom stereocenters. The minimum absolute atomic E-state index is 0.166. The number of ether oxygens (including phenoxy) is 1. The van der Waals surface area contributed by atoms with Crippen LogP contribution in [0.5, 0.6) is 0 Å². The average Bonchev–Trinajstić information content (AvgIpc) is 2.55. The molecule has 0 saturated heterocycles. The van der Waals surface area contributed by atoms with Crippen molar-refractivity contribution in [3.05, 3.63) is 76.3 Å². The van der Waals surface area contributed by atoms with Gasteiger partial charge in [-0.3, -0.25) is 0 Å². The molecule has 6 heteroatoms. The number of carbonyl (C=O) groups excluding carboxylic acids is 1. The van der Waals surface area contributed by atoms with Crippen LogP contribution in [0.25, 0.3) is 6.08 Å². The summed E-state index contributed by atoms with van der Waals surface area (Å²) >= 11 is 5.39. The summed E-state index contributed by atoms with van der Waals surface area (Å²) in [5, 5.41) is 1.96. The van der Waals surface area contributed by atoms with Gasteiger partial charge in [0.15, 0.2) is 0 Å². The van der Waals surface area contributed by atoms with Gasteiger partial charge in [0.1, 0.15) is 23.3 Å². The van der Waals surface area contributed by atoms with Crippen LogP contribution in [0.1, 0.15) is 11.1 Å². The van der Waals surface area contributed by atoms with Crippen molar-refractivity contribution < 1.29 is 18.3 Å². The first-order valence-electron chi connectivity index (χ1n) is 6.82. The third kappa shape index (κ3) is 5.38. The number of alkyl carbamates (subject to hydrolysis) is 1. The zero-order valence-corrected chi connectivity index (χ0v) is 12.8. The Labute approximate surface area is 137 Å². The number of benzene rings is 2. The van der Waals surface area contributed by atoms with Gasteiger partial charge in [-0.05, 0) is 23.3 Å². The molecule has 0 spiro atoms. The molecule has 0 aliphatic carbocycles. The maximum atomic E-state index is 13.2. The molecule has 120 valence electrons. The third-order valence-corrected chi connectivity index (χ3v) is 3.25. The fourth-order valence-corrected chi connectivity index (χ4v) is 1.89. The molecule has 2 aromatic carbocycles. The van der Waals surface area contributed by atoms with Gasteiger partial charge in [-0.15, -0.1) is 0 Å². The molecule has 0 radical (unpaired) electrons. The minimum atomic E-state index is -0.832. The number of halogens is 3. The number of amides is 1. The molecule has 0 saturated carbocycles. The largest absolute Gasteiger partial charge is 0.445 e. The highest BCUT2D eigenvalue weighted by atomic mass is 35.5. The average molecular weight is 338 g/mol. The standard InChI is InChI=1S/C17H14ClF2NO2/c18-16-14(19)9-13(10-15(16)20)7-4-8-21-17(22)23-11-12-5-2-1-3-6-12/h1-7,9-10H,8,11H2,(H,21,22). The van der Waals surface area contributed by atoms with Crippen LogP contribution in [0, 0.1) is 11.6 Å². The topological polar surface area (TPSA) is 38.3 Å². The lowest BCUT2D eigenvalue weighted by molar-refractivity contribution is 0.141. The molecule has 0 atom stereocenters. The smallest absolute Gasteiger partial charge is 0.407 e. The van der Waals surface area contributed by atoms with Crippen molar-refractivity contribution in [3.63, 3.8) is 0 Å². The van der Waals surface area contributed by atoms with Gasteiger partial charge >= 0.3 is 6.09 Å². The van der Waals surface area contributed by atoms with E-state index in [1.165, 1.54) is 6.08 Å². The number of hydrogen-bond acceptors (Lipinski definition) is 2. The molecule has 0 bridgehead atoms. The molecular formula is C17H14ClF2NO2. The summed E-state index contributed by atoms with van der Waals surface area (Å²) in [5.74, 6) is -1.66. The number of carbonyl (C=O) groups is 1. The Balaban J connectivity index is 1.77. The monoisotopic (exact) mass is 337 g/mol. The molecule has 0 heterocycles. The Morgan fingerprint density at radius 1 is 1.17 bits per heavy atom. The quantitative estimate of drug-likeness (QED) is 0.812. The first-order chi connectivity index (χ1) is 11.1. The van der Waals surface area contributed by atoms with Crippen LogP contribution in [0.3, 0.4) is 0 Å². The van der Waals surface area contributed by atoms with Gasteiger partial charge in [-0.1, -0.05) is 54.1 Å². The third-order valence-electron chi connectivity index (χ3n) is 2.89. The molecule has 1 amide bonds. The van der Waals surface area contributed by atoms with Crippen LogP contribution in [0.4, 0.5) is 13.6 Å². The summed E-state index contributed by atoms with van der Waals surface area (Å²) in [6.45, 7) is 0.337. The predicted molar refractivity (Wildman–Crippen MR) is 85.0 cm³/mol. The van der Waals surface area contributed by atoms with Gasteiger partial charge in [0.05, 0.1) is 0 Å². The van der Waals surface area contributed by atoms with Crippen LogP contribution in [-0.2, 0) is 11.3 Å². The second-order valence-electron chi connectivity index (χ2n) is 4.64. The number of rotatable bonds is 5. The van der Waals surface area contributed by atoms with Gasteiger partial charge in [0.2, 0.25) is 0 Å².